The third kappa shape index (κ3) is 12.3. The van der Waals surface area contributed by atoms with Crippen molar-refractivity contribution in [2.75, 3.05) is 18.6 Å². The lowest BCUT2D eigenvalue weighted by Crippen LogP contribution is -2.57. The van der Waals surface area contributed by atoms with E-state index in [1.165, 1.54) is 36.0 Å². The standard InChI is InChI=1S/C24H37N5O8S/c1-38-11-9-16(26)21(33)27-17(4-2-3-10-25)22(34)28-18(12-14-5-7-15(30)8-6-14)23(35)29-19(24(36)37)13-20(31)32/h5-8,16-19,30H,2-4,9-13,25-26H2,1H3,(H,27,33)(H,28,34)(H,29,35)(H,31,32)(H,36,37). The molecule has 3 amide bonds. The normalized spacial score (nSPS) is 14.0. The van der Waals surface area contributed by atoms with Crippen molar-refractivity contribution in [1.82, 2.24) is 16.0 Å². The summed E-state index contributed by atoms with van der Waals surface area (Å²) in [5, 5.41) is 35.1. The summed E-state index contributed by atoms with van der Waals surface area (Å²) in [6.45, 7) is 0.377. The highest BCUT2D eigenvalue weighted by Crippen LogP contribution is 2.12. The Labute approximate surface area is 225 Å². The molecule has 1 aromatic rings. The third-order valence-corrected chi connectivity index (χ3v) is 6.20. The number of amides is 3. The van der Waals surface area contributed by atoms with E-state index in [1.807, 2.05) is 6.26 Å². The zero-order valence-corrected chi connectivity index (χ0v) is 22.0. The highest BCUT2D eigenvalue weighted by molar-refractivity contribution is 7.98. The van der Waals surface area contributed by atoms with Crippen molar-refractivity contribution >= 4 is 41.4 Å². The monoisotopic (exact) mass is 555 g/mol. The van der Waals surface area contributed by atoms with Gasteiger partial charge >= 0.3 is 11.9 Å². The number of hydrogen-bond donors (Lipinski definition) is 8. The minimum absolute atomic E-state index is 0.0216. The maximum atomic E-state index is 13.2. The van der Waals surface area contributed by atoms with E-state index in [0.717, 1.165) is 0 Å². The van der Waals surface area contributed by atoms with Gasteiger partial charge in [0.15, 0.2) is 0 Å². The Balaban J connectivity index is 3.14. The number of carbonyl (C=O) groups is 5. The second-order valence-electron chi connectivity index (χ2n) is 8.66. The average Bonchev–Trinajstić information content (AvgIpc) is 2.86. The molecule has 0 saturated heterocycles. The molecule has 1 aromatic carbocycles. The Morgan fingerprint density at radius 3 is 2.00 bits per heavy atom. The van der Waals surface area contributed by atoms with Gasteiger partial charge < -0.3 is 42.7 Å². The summed E-state index contributed by atoms with van der Waals surface area (Å²) in [6, 6.07) is 0.855. The summed E-state index contributed by atoms with van der Waals surface area (Å²) < 4.78 is 0. The van der Waals surface area contributed by atoms with E-state index in [-0.39, 0.29) is 18.6 Å². The Kier molecular flexibility index (Phi) is 14.8. The lowest BCUT2D eigenvalue weighted by molar-refractivity contribution is -0.147. The van der Waals surface area contributed by atoms with Crippen LogP contribution in [0.3, 0.4) is 0 Å². The molecular formula is C24H37N5O8S. The summed E-state index contributed by atoms with van der Waals surface area (Å²) in [4.78, 5) is 61.3. The molecule has 14 heteroatoms. The van der Waals surface area contributed by atoms with Crippen LogP contribution >= 0.6 is 11.8 Å². The van der Waals surface area contributed by atoms with Crippen LogP contribution in [0.2, 0.25) is 0 Å². The summed E-state index contributed by atoms with van der Waals surface area (Å²) in [5.74, 6) is -4.51. The summed E-state index contributed by atoms with van der Waals surface area (Å²) in [5.41, 5.74) is 12.0. The molecule has 10 N–H and O–H groups in total. The fraction of sp³-hybridized carbons (Fsp3) is 0.542. The zero-order valence-electron chi connectivity index (χ0n) is 21.2. The van der Waals surface area contributed by atoms with Gasteiger partial charge in [-0.05, 0) is 61.9 Å². The fourth-order valence-corrected chi connectivity index (χ4v) is 3.90. The highest BCUT2D eigenvalue weighted by Gasteiger charge is 2.31. The number of carboxylic acid groups (broad SMARTS) is 2. The predicted molar refractivity (Wildman–Crippen MR) is 141 cm³/mol. The first-order valence-corrected chi connectivity index (χ1v) is 13.5. The van der Waals surface area contributed by atoms with Crippen molar-refractivity contribution in [3.05, 3.63) is 29.8 Å². The molecular weight excluding hydrogens is 518 g/mol. The van der Waals surface area contributed by atoms with Crippen LogP contribution in [0.4, 0.5) is 0 Å². The fourth-order valence-electron chi connectivity index (χ4n) is 3.41. The number of aliphatic carboxylic acids is 2. The smallest absolute Gasteiger partial charge is 0.326 e. The Morgan fingerprint density at radius 2 is 1.45 bits per heavy atom. The van der Waals surface area contributed by atoms with Crippen LogP contribution in [0.1, 0.15) is 37.7 Å². The SMILES string of the molecule is CSCCC(N)C(=O)NC(CCCCN)C(=O)NC(Cc1ccc(O)cc1)C(=O)NC(CC(=O)O)C(=O)O. The quantitative estimate of drug-likeness (QED) is 0.104. The van der Waals surface area contributed by atoms with Gasteiger partial charge in [0.1, 0.15) is 23.9 Å². The van der Waals surface area contributed by atoms with E-state index in [4.69, 9.17) is 16.6 Å². The van der Waals surface area contributed by atoms with Crippen LogP contribution in [-0.2, 0) is 30.4 Å². The number of phenolic OH excluding ortho intramolecular Hbond substituents is 1. The number of hydrogen-bond acceptors (Lipinski definition) is 9. The second kappa shape index (κ2) is 17.2. The summed E-state index contributed by atoms with van der Waals surface area (Å²) in [7, 11) is 0. The van der Waals surface area contributed by atoms with Crippen LogP contribution in [0, 0.1) is 0 Å². The number of carbonyl (C=O) groups excluding carboxylic acids is 3. The Bertz CT molecular complexity index is 946. The van der Waals surface area contributed by atoms with Gasteiger partial charge in [-0.2, -0.15) is 11.8 Å². The second-order valence-corrected chi connectivity index (χ2v) is 9.65. The molecule has 38 heavy (non-hydrogen) atoms. The van der Waals surface area contributed by atoms with Crippen molar-refractivity contribution in [2.45, 2.75) is 62.7 Å². The number of unbranched alkanes of at least 4 members (excludes halogenated alkanes) is 1. The first-order valence-electron chi connectivity index (χ1n) is 12.1. The van der Waals surface area contributed by atoms with Gasteiger partial charge in [-0.15, -0.1) is 0 Å². The van der Waals surface area contributed by atoms with Crippen LogP contribution in [0.5, 0.6) is 5.75 Å². The molecule has 212 valence electrons. The van der Waals surface area contributed by atoms with Crippen LogP contribution in [-0.4, -0.2) is 87.7 Å². The number of rotatable bonds is 18. The van der Waals surface area contributed by atoms with Crippen LogP contribution in [0.25, 0.3) is 0 Å². The van der Waals surface area contributed by atoms with E-state index in [1.54, 1.807) is 0 Å². The lowest BCUT2D eigenvalue weighted by atomic mass is 10.0. The van der Waals surface area contributed by atoms with Crippen molar-refractivity contribution < 1.29 is 39.3 Å². The maximum Gasteiger partial charge on any atom is 0.326 e. The molecule has 0 spiro atoms. The van der Waals surface area contributed by atoms with Gasteiger partial charge in [0.2, 0.25) is 17.7 Å². The van der Waals surface area contributed by atoms with Crippen molar-refractivity contribution in [3.8, 4) is 5.75 Å². The molecule has 0 aliphatic carbocycles. The van der Waals surface area contributed by atoms with Gasteiger partial charge in [-0.3, -0.25) is 19.2 Å². The van der Waals surface area contributed by atoms with Crippen molar-refractivity contribution in [2.24, 2.45) is 11.5 Å². The number of carboxylic acids is 2. The molecule has 0 radical (unpaired) electrons. The molecule has 0 fully saturated rings. The van der Waals surface area contributed by atoms with E-state index >= 15 is 0 Å². The third-order valence-electron chi connectivity index (χ3n) is 5.55. The molecule has 0 aromatic heterocycles. The molecule has 0 heterocycles. The van der Waals surface area contributed by atoms with E-state index < -0.39 is 60.2 Å². The summed E-state index contributed by atoms with van der Waals surface area (Å²) >= 11 is 1.52. The number of phenols is 1. The molecule has 0 aliphatic heterocycles. The van der Waals surface area contributed by atoms with Gasteiger partial charge in [-0.1, -0.05) is 12.1 Å². The molecule has 13 nitrogen and oxygen atoms in total. The average molecular weight is 556 g/mol. The van der Waals surface area contributed by atoms with Gasteiger partial charge in [0.25, 0.3) is 0 Å². The number of nitrogens with two attached hydrogens (primary N) is 2. The Hall–Kier alpha value is -3.36. The Morgan fingerprint density at radius 1 is 0.868 bits per heavy atom. The first kappa shape index (κ1) is 32.7. The molecule has 1 rings (SSSR count). The number of aromatic hydroxyl groups is 1. The van der Waals surface area contributed by atoms with Crippen LogP contribution in [0.15, 0.2) is 24.3 Å². The minimum Gasteiger partial charge on any atom is -0.508 e. The highest BCUT2D eigenvalue weighted by atomic mass is 32.2. The lowest BCUT2D eigenvalue weighted by Gasteiger charge is -2.25. The molecule has 4 atom stereocenters. The van der Waals surface area contributed by atoms with E-state index in [0.29, 0.717) is 37.1 Å². The van der Waals surface area contributed by atoms with E-state index in [2.05, 4.69) is 16.0 Å². The first-order chi connectivity index (χ1) is 18.0. The number of thioether (sulfide) groups is 1. The van der Waals surface area contributed by atoms with Gasteiger partial charge in [0, 0.05) is 6.42 Å². The van der Waals surface area contributed by atoms with Crippen LogP contribution < -0.4 is 27.4 Å². The largest absolute Gasteiger partial charge is 0.508 e. The van der Waals surface area contributed by atoms with Crippen molar-refractivity contribution in [3.63, 3.8) is 0 Å². The molecule has 0 bridgehead atoms. The summed E-state index contributed by atoms with van der Waals surface area (Å²) in [6.07, 6.45) is 2.61. The topological polar surface area (TPSA) is 234 Å². The molecule has 4 unspecified atom stereocenters. The number of benzene rings is 1. The van der Waals surface area contributed by atoms with E-state index in [9.17, 15) is 34.2 Å². The molecule has 0 saturated carbocycles. The molecule has 0 aliphatic rings. The van der Waals surface area contributed by atoms with Gasteiger partial charge in [-0.25, -0.2) is 4.79 Å². The zero-order chi connectivity index (χ0) is 28.7. The predicted octanol–water partition coefficient (Wildman–Crippen LogP) is -0.842. The van der Waals surface area contributed by atoms with Gasteiger partial charge in [0.05, 0.1) is 12.5 Å². The minimum atomic E-state index is -1.73. The number of nitrogens with one attached hydrogen (secondary N) is 3. The van der Waals surface area contributed by atoms with Crippen molar-refractivity contribution in [1.29, 1.82) is 0 Å². The maximum absolute atomic E-state index is 13.2.